The number of amides is 1. The van der Waals surface area contributed by atoms with Crippen molar-refractivity contribution >= 4 is 34.8 Å². The van der Waals surface area contributed by atoms with Crippen LogP contribution in [-0.4, -0.2) is 63.6 Å². The number of aliphatic carboxylic acids is 1. The van der Waals surface area contributed by atoms with Crippen LogP contribution in [0.3, 0.4) is 0 Å². The number of pyridine rings is 1. The molecule has 4 rings (SSSR count). The molecule has 1 fully saturated rings. The van der Waals surface area contributed by atoms with Crippen molar-refractivity contribution in [3.05, 3.63) is 65.1 Å². The zero-order chi connectivity index (χ0) is 23.5. The second kappa shape index (κ2) is 9.47. The smallest absolute Gasteiger partial charge is 0.475 e. The molecule has 1 aliphatic rings. The summed E-state index contributed by atoms with van der Waals surface area (Å²) in [5, 5.41) is 7.86. The number of hydrogen-bond acceptors (Lipinski definition) is 4. The van der Waals surface area contributed by atoms with E-state index in [1.165, 1.54) is 0 Å². The number of carboxylic acid groups (broad SMARTS) is 1. The van der Waals surface area contributed by atoms with E-state index in [2.05, 4.69) is 9.88 Å². The van der Waals surface area contributed by atoms with Crippen LogP contribution < -0.4 is 4.90 Å². The number of carbonyl (C=O) groups is 2. The Morgan fingerprint density at radius 1 is 1.06 bits per heavy atom. The summed E-state index contributed by atoms with van der Waals surface area (Å²) in [6.45, 7) is 5.01. The fourth-order valence-corrected chi connectivity index (χ4v) is 3.29. The minimum absolute atomic E-state index is 0.00268. The first-order valence-corrected chi connectivity index (χ1v) is 9.97. The van der Waals surface area contributed by atoms with Gasteiger partial charge in [0.15, 0.2) is 0 Å². The first-order valence-electron chi connectivity index (χ1n) is 9.60. The number of aryl methyl sites for hydroxylation is 1. The van der Waals surface area contributed by atoms with Gasteiger partial charge in [0.05, 0.1) is 0 Å². The van der Waals surface area contributed by atoms with Crippen LogP contribution in [0.15, 0.2) is 48.8 Å². The van der Waals surface area contributed by atoms with Gasteiger partial charge in [-0.2, -0.15) is 13.2 Å². The van der Waals surface area contributed by atoms with E-state index in [9.17, 15) is 18.0 Å². The maximum Gasteiger partial charge on any atom is 0.490 e. The van der Waals surface area contributed by atoms with Gasteiger partial charge in [-0.25, -0.2) is 9.78 Å². The zero-order valence-corrected chi connectivity index (χ0v) is 17.8. The summed E-state index contributed by atoms with van der Waals surface area (Å²) in [6.07, 6.45) is -1.34. The van der Waals surface area contributed by atoms with Gasteiger partial charge in [0.1, 0.15) is 11.3 Å². The largest absolute Gasteiger partial charge is 0.490 e. The zero-order valence-electron chi connectivity index (χ0n) is 17.0. The number of imidazole rings is 1. The number of aromatic nitrogens is 2. The van der Waals surface area contributed by atoms with Crippen LogP contribution >= 0.6 is 11.6 Å². The maximum absolute atomic E-state index is 12.8. The number of alkyl halides is 3. The van der Waals surface area contributed by atoms with Crippen molar-refractivity contribution in [2.24, 2.45) is 0 Å². The average Bonchev–Trinajstić information content (AvgIpc) is 3.17. The number of rotatable bonds is 2. The molecule has 1 saturated heterocycles. The number of hydrogen-bond donors (Lipinski definition) is 1. The van der Waals surface area contributed by atoms with Crippen LogP contribution in [0.5, 0.6) is 0 Å². The highest BCUT2D eigenvalue weighted by Gasteiger charge is 2.38. The third kappa shape index (κ3) is 5.70. The van der Waals surface area contributed by atoms with E-state index in [4.69, 9.17) is 21.5 Å². The Hall–Kier alpha value is -3.27. The third-order valence-corrected chi connectivity index (χ3v) is 5.09. The van der Waals surface area contributed by atoms with E-state index in [-0.39, 0.29) is 5.91 Å². The second-order valence-electron chi connectivity index (χ2n) is 7.15. The van der Waals surface area contributed by atoms with Crippen molar-refractivity contribution in [2.75, 3.05) is 31.1 Å². The Kier molecular flexibility index (Phi) is 6.93. The minimum Gasteiger partial charge on any atom is -0.475 e. The summed E-state index contributed by atoms with van der Waals surface area (Å²) >= 11 is 5.95. The normalized spacial score (nSPS) is 14.2. The second-order valence-corrected chi connectivity index (χ2v) is 7.59. The summed E-state index contributed by atoms with van der Waals surface area (Å²) in [4.78, 5) is 30.3. The van der Waals surface area contributed by atoms with Crippen LogP contribution in [0.1, 0.15) is 16.1 Å². The van der Waals surface area contributed by atoms with E-state index in [0.717, 1.165) is 35.0 Å². The van der Waals surface area contributed by atoms with Gasteiger partial charge >= 0.3 is 12.1 Å². The van der Waals surface area contributed by atoms with E-state index in [1.807, 2.05) is 65.0 Å². The minimum atomic E-state index is -5.08. The number of carbonyl (C=O) groups excluding carboxylic acids is 1. The van der Waals surface area contributed by atoms with Crippen molar-refractivity contribution in [1.29, 1.82) is 0 Å². The van der Waals surface area contributed by atoms with Gasteiger partial charge in [0.25, 0.3) is 5.91 Å². The highest BCUT2D eigenvalue weighted by atomic mass is 35.5. The molecule has 1 amide bonds. The molecule has 0 spiro atoms. The lowest BCUT2D eigenvalue weighted by atomic mass is 10.2. The lowest BCUT2D eigenvalue weighted by molar-refractivity contribution is -0.192. The number of halogens is 4. The molecule has 3 heterocycles. The van der Waals surface area contributed by atoms with Crippen molar-refractivity contribution < 1.29 is 27.9 Å². The van der Waals surface area contributed by atoms with Crippen LogP contribution in [0.4, 0.5) is 18.9 Å². The molecule has 0 bridgehead atoms. The highest BCUT2D eigenvalue weighted by molar-refractivity contribution is 6.30. The Bertz CT molecular complexity index is 1110. The molecule has 170 valence electrons. The predicted octanol–water partition coefficient (Wildman–Crippen LogP) is 3.89. The molecule has 0 radical (unpaired) electrons. The molecule has 1 N–H and O–H groups in total. The number of anilines is 1. The number of benzene rings is 1. The summed E-state index contributed by atoms with van der Waals surface area (Å²) in [6, 6.07) is 11.8. The molecule has 1 aromatic carbocycles. The van der Waals surface area contributed by atoms with Crippen LogP contribution in [-0.2, 0) is 4.79 Å². The topological polar surface area (TPSA) is 78.2 Å². The lowest BCUT2D eigenvalue weighted by Gasteiger charge is -2.35. The lowest BCUT2D eigenvalue weighted by Crippen LogP contribution is -2.48. The van der Waals surface area contributed by atoms with E-state index in [1.54, 1.807) is 0 Å². The monoisotopic (exact) mass is 468 g/mol. The van der Waals surface area contributed by atoms with Crippen molar-refractivity contribution in [3.63, 3.8) is 0 Å². The molecule has 0 atom stereocenters. The van der Waals surface area contributed by atoms with Gasteiger partial charge in [0.2, 0.25) is 0 Å². The van der Waals surface area contributed by atoms with E-state index in [0.29, 0.717) is 18.8 Å². The fraction of sp³-hybridized carbons (Fsp3) is 0.286. The van der Waals surface area contributed by atoms with Gasteiger partial charge in [0, 0.05) is 49.3 Å². The first-order chi connectivity index (χ1) is 15.0. The molecule has 7 nitrogen and oxygen atoms in total. The van der Waals surface area contributed by atoms with Crippen molar-refractivity contribution in [1.82, 2.24) is 14.3 Å². The van der Waals surface area contributed by atoms with Gasteiger partial charge in [-0.1, -0.05) is 11.6 Å². The SMILES string of the molecule is Cc1ccn2cc(C(=O)N3CCN(c4ccc(Cl)cc4)CC3)nc2c1.O=C(O)C(F)(F)F. The fourth-order valence-electron chi connectivity index (χ4n) is 3.17. The van der Waals surface area contributed by atoms with Crippen molar-refractivity contribution in [2.45, 2.75) is 13.1 Å². The standard InChI is InChI=1S/C19H19ClN4O.C2HF3O2/c1-14-6-7-24-13-17(21-18(24)12-14)19(25)23-10-8-22(9-11-23)16-4-2-15(20)3-5-16;3-2(4,5)1(6)7/h2-7,12-13H,8-11H2,1H3;(H,6,7). The molecule has 0 unspecified atom stereocenters. The molecular weight excluding hydrogens is 449 g/mol. The number of piperazine rings is 1. The van der Waals surface area contributed by atoms with Crippen LogP contribution in [0.2, 0.25) is 5.02 Å². The summed E-state index contributed by atoms with van der Waals surface area (Å²) < 4.78 is 33.6. The highest BCUT2D eigenvalue weighted by Crippen LogP contribution is 2.20. The number of fused-ring (bicyclic) bond motifs is 1. The molecule has 0 aliphatic carbocycles. The number of carboxylic acids is 1. The first kappa shape index (κ1) is 23.4. The predicted molar refractivity (Wildman–Crippen MR) is 113 cm³/mol. The van der Waals surface area contributed by atoms with Crippen LogP contribution in [0.25, 0.3) is 5.65 Å². The Labute approximate surface area is 186 Å². The quantitative estimate of drug-likeness (QED) is 0.617. The Morgan fingerprint density at radius 2 is 1.66 bits per heavy atom. The molecule has 32 heavy (non-hydrogen) atoms. The Morgan fingerprint density at radius 3 is 2.22 bits per heavy atom. The van der Waals surface area contributed by atoms with Gasteiger partial charge < -0.3 is 19.3 Å². The average molecular weight is 469 g/mol. The summed E-state index contributed by atoms with van der Waals surface area (Å²) in [5.41, 5.74) is 3.59. The molecule has 1 aliphatic heterocycles. The molecule has 3 aromatic rings. The summed E-state index contributed by atoms with van der Waals surface area (Å²) in [5.74, 6) is -2.76. The Balaban J connectivity index is 0.000000360. The third-order valence-electron chi connectivity index (χ3n) is 4.84. The van der Waals surface area contributed by atoms with Crippen molar-refractivity contribution in [3.8, 4) is 0 Å². The molecule has 0 saturated carbocycles. The molecule has 11 heteroatoms. The molecular formula is C21H20ClF3N4O3. The van der Waals surface area contributed by atoms with Gasteiger partial charge in [-0.15, -0.1) is 0 Å². The maximum atomic E-state index is 12.8. The van der Waals surface area contributed by atoms with E-state index >= 15 is 0 Å². The van der Waals surface area contributed by atoms with Crippen LogP contribution in [0, 0.1) is 6.92 Å². The summed E-state index contributed by atoms with van der Waals surface area (Å²) in [7, 11) is 0. The van der Waals surface area contributed by atoms with E-state index < -0.39 is 12.1 Å². The molecule has 2 aromatic heterocycles. The van der Waals surface area contributed by atoms with Gasteiger partial charge in [-0.05, 0) is 48.9 Å². The number of nitrogens with zero attached hydrogens (tertiary/aromatic N) is 4. The van der Waals surface area contributed by atoms with Gasteiger partial charge in [-0.3, -0.25) is 4.79 Å².